The summed E-state index contributed by atoms with van der Waals surface area (Å²) in [6.07, 6.45) is 1.48. The topological polar surface area (TPSA) is 97.7 Å². The Bertz CT molecular complexity index is 933. The smallest absolute Gasteiger partial charge is 0.343 e. The van der Waals surface area contributed by atoms with Crippen LogP contribution in [0.25, 0.3) is 6.08 Å². The summed E-state index contributed by atoms with van der Waals surface area (Å²) in [5.41, 5.74) is 1.15. The summed E-state index contributed by atoms with van der Waals surface area (Å²) in [4.78, 5) is 23.5. The van der Waals surface area contributed by atoms with E-state index >= 15 is 0 Å². The Labute approximate surface area is 176 Å². The molecule has 0 radical (unpaired) electrons. The monoisotopic (exact) mass is 492 g/mol. The average molecular weight is 492 g/mol. The number of esters is 1. The number of benzene rings is 2. The van der Waals surface area contributed by atoms with Gasteiger partial charge in [0.05, 0.1) is 17.8 Å². The Morgan fingerprint density at radius 2 is 1.89 bits per heavy atom. The van der Waals surface area contributed by atoms with Gasteiger partial charge in [0.25, 0.3) is 5.91 Å². The van der Waals surface area contributed by atoms with Crippen LogP contribution < -0.4 is 14.8 Å². The molecule has 0 aliphatic heterocycles. The number of anilines is 1. The van der Waals surface area contributed by atoms with E-state index in [4.69, 9.17) is 9.47 Å². The van der Waals surface area contributed by atoms with E-state index < -0.39 is 11.9 Å². The number of nitrogens with zero attached hydrogens (tertiary/aromatic N) is 1. The molecule has 0 aromatic heterocycles. The molecule has 2 aromatic carbocycles. The third-order valence-corrected chi connectivity index (χ3v) is 4.40. The van der Waals surface area contributed by atoms with Crippen molar-refractivity contribution >= 4 is 46.2 Å². The number of nitrogens with one attached hydrogen (secondary N) is 1. The molecule has 0 spiro atoms. The van der Waals surface area contributed by atoms with Gasteiger partial charge in [-0.3, -0.25) is 4.79 Å². The van der Waals surface area contributed by atoms with Gasteiger partial charge in [0, 0.05) is 5.69 Å². The summed E-state index contributed by atoms with van der Waals surface area (Å²) in [6, 6.07) is 13.8. The van der Waals surface area contributed by atoms with Crippen molar-refractivity contribution in [3.8, 4) is 17.6 Å². The molecule has 0 aliphatic rings. The number of hydrogen-bond donors (Lipinski definition) is 1. The largest absolute Gasteiger partial charge is 0.497 e. The molecule has 0 atom stereocenters. The third-order valence-electron chi connectivity index (χ3n) is 3.55. The molecule has 0 unspecified atom stereocenters. The minimum atomic E-state index is -0.520. The summed E-state index contributed by atoms with van der Waals surface area (Å²) >= 11 is 2.04. The van der Waals surface area contributed by atoms with Crippen molar-refractivity contribution in [1.29, 1.82) is 5.26 Å². The molecule has 1 N–H and O–H groups in total. The molecule has 0 saturated heterocycles. The summed E-state index contributed by atoms with van der Waals surface area (Å²) < 4.78 is 15.7. The van der Waals surface area contributed by atoms with Gasteiger partial charge in [0.1, 0.15) is 23.1 Å². The van der Waals surface area contributed by atoms with Crippen molar-refractivity contribution in [2.24, 2.45) is 0 Å². The highest BCUT2D eigenvalue weighted by Gasteiger charge is 2.11. The number of rotatable bonds is 7. The lowest BCUT2D eigenvalue weighted by atomic mass is 10.1. The predicted molar refractivity (Wildman–Crippen MR) is 112 cm³/mol. The Morgan fingerprint density at radius 1 is 1.18 bits per heavy atom. The van der Waals surface area contributed by atoms with E-state index in [1.165, 1.54) is 13.2 Å². The molecule has 7 nitrogen and oxygen atoms in total. The average Bonchev–Trinajstić information content (AvgIpc) is 2.71. The minimum absolute atomic E-state index is 0.0464. The molecule has 1 amide bonds. The molecule has 2 rings (SSSR count). The lowest BCUT2D eigenvalue weighted by Crippen LogP contribution is -2.13. The second-order valence-electron chi connectivity index (χ2n) is 5.41. The molecule has 144 valence electrons. The number of hydrogen-bond acceptors (Lipinski definition) is 6. The van der Waals surface area contributed by atoms with Gasteiger partial charge in [-0.05, 0) is 70.6 Å². The third kappa shape index (κ3) is 5.99. The standard InChI is InChI=1S/C20H17IN2O5/c1-26-16-6-4-15(5-7-16)23-20(25)14(11-22)9-13-3-8-18(17(21)10-13)28-12-19(24)27-2/h3-10H,12H2,1-2H3,(H,23,25)/b14-9-. The number of ether oxygens (including phenoxy) is 3. The summed E-state index contributed by atoms with van der Waals surface area (Å²) in [5.74, 6) is 0.165. The molecule has 0 bridgehead atoms. The van der Waals surface area contributed by atoms with Crippen molar-refractivity contribution < 1.29 is 23.8 Å². The Balaban J connectivity index is 2.12. The fourth-order valence-electron chi connectivity index (χ4n) is 2.11. The van der Waals surface area contributed by atoms with Crippen LogP contribution in [0.3, 0.4) is 0 Å². The van der Waals surface area contributed by atoms with Crippen molar-refractivity contribution in [2.75, 3.05) is 26.1 Å². The molecule has 0 heterocycles. The van der Waals surface area contributed by atoms with E-state index in [0.717, 1.165) is 3.57 Å². The van der Waals surface area contributed by atoms with E-state index in [9.17, 15) is 14.9 Å². The van der Waals surface area contributed by atoms with Crippen molar-refractivity contribution in [1.82, 2.24) is 0 Å². The molecule has 0 aliphatic carbocycles. The minimum Gasteiger partial charge on any atom is -0.497 e. The number of methoxy groups -OCH3 is 2. The van der Waals surface area contributed by atoms with Crippen LogP contribution in [0.5, 0.6) is 11.5 Å². The summed E-state index contributed by atoms with van der Waals surface area (Å²) in [7, 11) is 2.84. The quantitative estimate of drug-likeness (QED) is 0.276. The van der Waals surface area contributed by atoms with Gasteiger partial charge < -0.3 is 19.5 Å². The van der Waals surface area contributed by atoms with Crippen LogP contribution in [0, 0.1) is 14.9 Å². The Morgan fingerprint density at radius 3 is 2.46 bits per heavy atom. The van der Waals surface area contributed by atoms with E-state index in [2.05, 4.69) is 10.1 Å². The maximum Gasteiger partial charge on any atom is 0.343 e. The van der Waals surface area contributed by atoms with Crippen LogP contribution >= 0.6 is 22.6 Å². The zero-order valence-electron chi connectivity index (χ0n) is 15.2. The van der Waals surface area contributed by atoms with Gasteiger partial charge in [-0.25, -0.2) is 4.79 Å². The van der Waals surface area contributed by atoms with Crippen LogP contribution in [0.15, 0.2) is 48.0 Å². The highest BCUT2D eigenvalue weighted by Crippen LogP contribution is 2.24. The number of carbonyl (C=O) groups is 2. The predicted octanol–water partition coefficient (Wildman–Crippen LogP) is 3.40. The van der Waals surface area contributed by atoms with Gasteiger partial charge in [0.15, 0.2) is 6.61 Å². The lowest BCUT2D eigenvalue weighted by molar-refractivity contribution is -0.142. The SMILES string of the molecule is COC(=O)COc1ccc(/C=C(/C#N)C(=O)Nc2ccc(OC)cc2)cc1I. The first kappa shape index (κ1) is 21.2. The molecule has 8 heteroatoms. The summed E-state index contributed by atoms with van der Waals surface area (Å²) in [5, 5.41) is 12.0. The van der Waals surface area contributed by atoms with Crippen LogP contribution in [-0.4, -0.2) is 32.7 Å². The second-order valence-corrected chi connectivity index (χ2v) is 6.57. The molecule has 28 heavy (non-hydrogen) atoms. The molecular weight excluding hydrogens is 475 g/mol. The van der Waals surface area contributed by atoms with Gasteiger partial charge >= 0.3 is 5.97 Å². The fraction of sp³-hybridized carbons (Fsp3) is 0.150. The van der Waals surface area contributed by atoms with E-state index in [-0.39, 0.29) is 12.2 Å². The number of nitriles is 1. The van der Waals surface area contributed by atoms with Crippen LogP contribution in [0.4, 0.5) is 5.69 Å². The number of carbonyl (C=O) groups excluding carboxylic acids is 2. The van der Waals surface area contributed by atoms with Gasteiger partial charge in [-0.1, -0.05) is 6.07 Å². The van der Waals surface area contributed by atoms with Crippen LogP contribution in [-0.2, 0) is 14.3 Å². The number of halogens is 1. The second kappa shape index (κ2) is 10.3. The first-order chi connectivity index (χ1) is 13.5. The maximum absolute atomic E-state index is 12.4. The zero-order chi connectivity index (χ0) is 20.5. The van der Waals surface area contributed by atoms with Crippen molar-refractivity contribution in [3.63, 3.8) is 0 Å². The summed E-state index contributed by atoms with van der Waals surface area (Å²) in [6.45, 7) is -0.199. The van der Waals surface area contributed by atoms with Crippen LogP contribution in [0.1, 0.15) is 5.56 Å². The maximum atomic E-state index is 12.4. The Hall–Kier alpha value is -3.06. The zero-order valence-corrected chi connectivity index (χ0v) is 17.3. The molecular formula is C20H17IN2O5. The van der Waals surface area contributed by atoms with E-state index in [1.54, 1.807) is 49.6 Å². The van der Waals surface area contributed by atoms with E-state index in [1.807, 2.05) is 28.7 Å². The first-order valence-corrected chi connectivity index (χ1v) is 9.11. The highest BCUT2D eigenvalue weighted by molar-refractivity contribution is 14.1. The van der Waals surface area contributed by atoms with Crippen LogP contribution in [0.2, 0.25) is 0 Å². The van der Waals surface area contributed by atoms with Gasteiger partial charge in [-0.2, -0.15) is 5.26 Å². The Kier molecular flexibility index (Phi) is 7.83. The van der Waals surface area contributed by atoms with Gasteiger partial charge in [0.2, 0.25) is 0 Å². The number of amides is 1. The fourth-order valence-corrected chi connectivity index (χ4v) is 2.80. The molecule has 0 fully saturated rings. The van der Waals surface area contributed by atoms with Gasteiger partial charge in [-0.15, -0.1) is 0 Å². The molecule has 2 aromatic rings. The normalized spacial score (nSPS) is 10.6. The van der Waals surface area contributed by atoms with Crippen molar-refractivity contribution in [2.45, 2.75) is 0 Å². The highest BCUT2D eigenvalue weighted by atomic mass is 127. The first-order valence-electron chi connectivity index (χ1n) is 8.03. The van der Waals surface area contributed by atoms with Crippen molar-refractivity contribution in [3.05, 3.63) is 57.2 Å². The lowest BCUT2D eigenvalue weighted by Gasteiger charge is -2.08. The van der Waals surface area contributed by atoms with E-state index in [0.29, 0.717) is 22.7 Å². The molecule has 0 saturated carbocycles.